The molecular formula is C30H34N2O4S. The van der Waals surface area contributed by atoms with Crippen molar-refractivity contribution in [3.63, 3.8) is 0 Å². The molecule has 0 aliphatic carbocycles. The van der Waals surface area contributed by atoms with Crippen LogP contribution < -0.4 is 10.0 Å². The molecule has 0 spiro atoms. The quantitative estimate of drug-likeness (QED) is 0.338. The molecule has 0 aromatic heterocycles. The summed E-state index contributed by atoms with van der Waals surface area (Å²) in [4.78, 5) is 2.08. The Morgan fingerprint density at radius 3 is 2.30 bits per heavy atom. The van der Waals surface area contributed by atoms with Crippen molar-refractivity contribution in [1.82, 2.24) is 0 Å². The van der Waals surface area contributed by atoms with Crippen LogP contribution in [-0.2, 0) is 27.6 Å². The lowest BCUT2D eigenvalue weighted by atomic mass is 9.81. The molecule has 1 N–H and O–H groups in total. The van der Waals surface area contributed by atoms with Crippen LogP contribution >= 0.6 is 0 Å². The van der Waals surface area contributed by atoms with E-state index in [4.69, 9.17) is 0 Å². The molecule has 0 saturated carbocycles. The Morgan fingerprint density at radius 1 is 0.946 bits per heavy atom. The summed E-state index contributed by atoms with van der Waals surface area (Å²) in [6, 6.07) is 10.7. The summed E-state index contributed by atoms with van der Waals surface area (Å²) in [5.74, 6) is 0. The van der Waals surface area contributed by atoms with Gasteiger partial charge in [-0.3, -0.25) is 4.55 Å². The van der Waals surface area contributed by atoms with E-state index < -0.39 is 15.5 Å². The largest absolute Gasteiger partial charge is 0.851 e. The molecule has 0 bridgehead atoms. The van der Waals surface area contributed by atoms with E-state index >= 15 is 0 Å². The van der Waals surface area contributed by atoms with Crippen LogP contribution in [-0.4, -0.2) is 37.4 Å². The van der Waals surface area contributed by atoms with Crippen LogP contribution in [0.25, 0.3) is 0 Å². The molecule has 0 unspecified atom stereocenters. The maximum Gasteiger partial charge on any atom is 0.294 e. The van der Waals surface area contributed by atoms with Crippen molar-refractivity contribution >= 4 is 27.2 Å². The average molecular weight is 519 g/mol. The summed E-state index contributed by atoms with van der Waals surface area (Å²) in [6.45, 7) is 8.22. The Bertz CT molecular complexity index is 1510. The van der Waals surface area contributed by atoms with Crippen molar-refractivity contribution in [2.75, 3.05) is 19.0 Å². The Hall–Kier alpha value is -3.26. The van der Waals surface area contributed by atoms with E-state index in [9.17, 15) is 18.1 Å². The third kappa shape index (κ3) is 4.75. The molecule has 194 valence electrons. The van der Waals surface area contributed by atoms with Gasteiger partial charge in [-0.1, -0.05) is 61.9 Å². The van der Waals surface area contributed by atoms with Crippen molar-refractivity contribution in [1.29, 1.82) is 0 Å². The monoisotopic (exact) mass is 518 g/mol. The number of allylic oxidation sites excluding steroid dienone is 8. The summed E-state index contributed by atoms with van der Waals surface area (Å²) in [5.41, 5.74) is 6.45. The number of anilines is 1. The highest BCUT2D eigenvalue weighted by Crippen LogP contribution is 2.47. The molecular weight excluding hydrogens is 484 g/mol. The number of likely N-dealkylation sites (N-methyl/N-ethyl adjacent to an activating group) is 1. The predicted molar refractivity (Wildman–Crippen MR) is 147 cm³/mol. The first-order chi connectivity index (χ1) is 17.3. The zero-order valence-electron chi connectivity index (χ0n) is 22.2. The summed E-state index contributed by atoms with van der Waals surface area (Å²) < 4.78 is 34.7. The second-order valence-electron chi connectivity index (χ2n) is 10.6. The lowest BCUT2D eigenvalue weighted by Gasteiger charge is -2.23. The van der Waals surface area contributed by atoms with Crippen LogP contribution in [0.1, 0.15) is 44.4 Å². The molecule has 37 heavy (non-hydrogen) atoms. The maximum absolute atomic E-state index is 11.6. The van der Waals surface area contributed by atoms with Crippen molar-refractivity contribution in [3.05, 3.63) is 101 Å². The fourth-order valence-corrected chi connectivity index (χ4v) is 5.94. The van der Waals surface area contributed by atoms with Gasteiger partial charge in [-0.05, 0) is 43.7 Å². The van der Waals surface area contributed by atoms with Crippen LogP contribution in [0.4, 0.5) is 11.4 Å². The lowest BCUT2D eigenvalue weighted by Crippen LogP contribution is -2.26. The van der Waals surface area contributed by atoms with Gasteiger partial charge in [0.25, 0.3) is 10.1 Å². The zero-order valence-corrected chi connectivity index (χ0v) is 23.0. The Morgan fingerprint density at radius 2 is 1.62 bits per heavy atom. The Kier molecular flexibility index (Phi) is 6.92. The molecule has 0 radical (unpaired) electrons. The Balaban J connectivity index is 1.49. The van der Waals surface area contributed by atoms with Crippen LogP contribution in [0.5, 0.6) is 0 Å². The third-order valence-electron chi connectivity index (χ3n) is 7.52. The van der Waals surface area contributed by atoms with Gasteiger partial charge in [0, 0.05) is 41.6 Å². The van der Waals surface area contributed by atoms with Gasteiger partial charge in [0.15, 0.2) is 5.71 Å². The standard InChI is InChI=1S/C30H34N2O4S/c1-29(2)23-18-21(20-33)14-16-25(23)31(5)27(29)12-10-8-7-9-11-13-28-30(3,4)24-19-22(37(34,35)36)15-17-26(24)32(28)6/h7-19H,20H2,1-6H3,(H,34,35,36). The van der Waals surface area contributed by atoms with E-state index in [-0.39, 0.29) is 16.9 Å². The van der Waals surface area contributed by atoms with Crippen molar-refractivity contribution in [2.24, 2.45) is 0 Å². The number of hydrogen-bond acceptors (Lipinski definition) is 4. The van der Waals surface area contributed by atoms with E-state index in [2.05, 4.69) is 31.9 Å². The summed E-state index contributed by atoms with van der Waals surface area (Å²) in [7, 11) is -0.255. The van der Waals surface area contributed by atoms with Crippen LogP contribution in [0, 0.1) is 0 Å². The minimum atomic E-state index is -4.26. The number of fused-ring (bicyclic) bond motifs is 2. The first kappa shape index (κ1) is 26.8. The van der Waals surface area contributed by atoms with Gasteiger partial charge in [-0.25, -0.2) is 0 Å². The molecule has 2 aliphatic heterocycles. The van der Waals surface area contributed by atoms with Gasteiger partial charge in [0.05, 0.1) is 10.3 Å². The first-order valence-corrected chi connectivity index (χ1v) is 13.6. The number of benzene rings is 2. The van der Waals surface area contributed by atoms with Gasteiger partial charge in [0.1, 0.15) is 7.05 Å². The van der Waals surface area contributed by atoms with Gasteiger partial charge < -0.3 is 10.0 Å². The topological polar surface area (TPSA) is 83.7 Å². The van der Waals surface area contributed by atoms with Gasteiger partial charge in [-0.15, -0.1) is 6.61 Å². The van der Waals surface area contributed by atoms with Crippen LogP contribution in [0.15, 0.2) is 89.5 Å². The summed E-state index contributed by atoms with van der Waals surface area (Å²) in [6.07, 6.45) is 14.0. The highest BCUT2D eigenvalue weighted by Gasteiger charge is 2.43. The molecule has 0 amide bonds. The molecule has 0 atom stereocenters. The van der Waals surface area contributed by atoms with Crippen molar-refractivity contribution in [3.8, 4) is 0 Å². The van der Waals surface area contributed by atoms with E-state index in [1.54, 1.807) is 12.1 Å². The molecule has 0 saturated heterocycles. The molecule has 2 aliphatic rings. The molecule has 2 aromatic carbocycles. The zero-order chi connectivity index (χ0) is 27.2. The molecule has 6 nitrogen and oxygen atoms in total. The number of hydrogen-bond donors (Lipinski definition) is 1. The van der Waals surface area contributed by atoms with Crippen molar-refractivity contribution < 1.29 is 22.7 Å². The van der Waals surface area contributed by atoms with Crippen molar-refractivity contribution in [2.45, 2.75) is 50.0 Å². The average Bonchev–Trinajstić information content (AvgIpc) is 3.15. The van der Waals surface area contributed by atoms with E-state index in [0.29, 0.717) is 0 Å². The minimum Gasteiger partial charge on any atom is -0.851 e. The van der Waals surface area contributed by atoms with E-state index in [1.807, 2.05) is 80.1 Å². The van der Waals surface area contributed by atoms with Gasteiger partial charge in [0.2, 0.25) is 5.69 Å². The molecule has 7 heteroatoms. The van der Waals surface area contributed by atoms with Crippen LogP contribution in [0.3, 0.4) is 0 Å². The van der Waals surface area contributed by atoms with Crippen LogP contribution in [0.2, 0.25) is 0 Å². The summed E-state index contributed by atoms with van der Waals surface area (Å²) in [5, 5.41) is 11.4. The molecule has 0 fully saturated rings. The lowest BCUT2D eigenvalue weighted by molar-refractivity contribution is -0.401. The second-order valence-corrected chi connectivity index (χ2v) is 12.0. The summed E-state index contributed by atoms with van der Waals surface area (Å²) >= 11 is 0. The first-order valence-electron chi connectivity index (χ1n) is 12.2. The highest BCUT2D eigenvalue weighted by atomic mass is 32.2. The fourth-order valence-electron chi connectivity index (χ4n) is 5.43. The minimum absolute atomic E-state index is 0.0952. The van der Waals surface area contributed by atoms with Gasteiger partial charge in [-0.2, -0.15) is 13.0 Å². The molecule has 2 aromatic rings. The number of nitrogens with zero attached hydrogens (tertiary/aromatic N) is 2. The smallest absolute Gasteiger partial charge is 0.294 e. The predicted octanol–water partition coefficient (Wildman–Crippen LogP) is 4.78. The molecule has 2 heterocycles. The molecule has 4 rings (SSSR count). The highest BCUT2D eigenvalue weighted by molar-refractivity contribution is 7.85. The maximum atomic E-state index is 11.6. The van der Waals surface area contributed by atoms with Gasteiger partial charge >= 0.3 is 0 Å². The third-order valence-corrected chi connectivity index (χ3v) is 8.37. The van der Waals surface area contributed by atoms with E-state index in [1.165, 1.54) is 11.6 Å². The Labute approximate surface area is 220 Å². The second kappa shape index (κ2) is 9.56. The normalized spacial score (nSPS) is 19.7. The number of rotatable bonds is 6. The fraction of sp³-hybridized carbons (Fsp3) is 0.300. The van der Waals surface area contributed by atoms with E-state index in [0.717, 1.165) is 33.9 Å². The SMILES string of the molecule is CN1C(=CC=CC=CC=CC2=[N+](C)c3ccc(S(=O)(=O)O)cc3C2(C)C)C(C)(C)c2cc(C[O-])ccc21.